The van der Waals surface area contributed by atoms with E-state index < -0.39 is 0 Å². The molecule has 0 aliphatic carbocycles. The summed E-state index contributed by atoms with van der Waals surface area (Å²) in [6.45, 7) is 9.23. The Balaban J connectivity index is 1.73. The van der Waals surface area contributed by atoms with Gasteiger partial charge >= 0.3 is 0 Å². The van der Waals surface area contributed by atoms with Crippen LogP contribution in [0, 0.1) is 0 Å². The molecule has 1 aliphatic rings. The van der Waals surface area contributed by atoms with E-state index in [2.05, 4.69) is 51.3 Å². The number of hydrogen-bond donors (Lipinski definition) is 1. The van der Waals surface area contributed by atoms with Gasteiger partial charge in [-0.1, -0.05) is 6.58 Å². The Hall–Kier alpha value is -2.01. The largest absolute Gasteiger partial charge is 0.388 e. The molecule has 2 heterocycles. The van der Waals surface area contributed by atoms with E-state index in [9.17, 15) is 0 Å². The fourth-order valence-electron chi connectivity index (χ4n) is 3.02. The van der Waals surface area contributed by atoms with E-state index >= 15 is 0 Å². The Labute approximate surface area is 148 Å². The highest BCUT2D eigenvalue weighted by atomic mass is 32.1. The number of nitrogens with zero attached hydrogens (tertiary/aromatic N) is 3. The van der Waals surface area contributed by atoms with E-state index in [0.29, 0.717) is 0 Å². The molecule has 0 amide bonds. The van der Waals surface area contributed by atoms with Crippen LogP contribution in [0.4, 0.5) is 16.5 Å². The molecule has 0 unspecified atom stereocenters. The van der Waals surface area contributed by atoms with Gasteiger partial charge in [-0.15, -0.1) is 11.3 Å². The van der Waals surface area contributed by atoms with Crippen molar-refractivity contribution in [3.63, 3.8) is 0 Å². The Morgan fingerprint density at radius 3 is 2.58 bits per heavy atom. The highest BCUT2D eigenvalue weighted by Gasteiger charge is 2.16. The zero-order chi connectivity index (χ0) is 16.9. The van der Waals surface area contributed by atoms with Crippen LogP contribution in [-0.4, -0.2) is 25.1 Å². The lowest BCUT2D eigenvalue weighted by molar-refractivity contribution is 0.576. The Kier molecular flexibility index (Phi) is 5.41. The maximum Gasteiger partial charge on any atom is 0.185 e. The van der Waals surface area contributed by atoms with E-state index in [1.807, 2.05) is 14.0 Å². The molecule has 0 radical (unpaired) electrons. The van der Waals surface area contributed by atoms with Crippen molar-refractivity contribution in [1.29, 1.82) is 0 Å². The van der Waals surface area contributed by atoms with Crippen LogP contribution in [0.25, 0.3) is 0 Å². The summed E-state index contributed by atoms with van der Waals surface area (Å²) < 4.78 is 0. The average molecular weight is 343 g/mol. The first-order valence-electron chi connectivity index (χ1n) is 8.57. The number of nitrogens with one attached hydrogen (secondary N) is 1. The van der Waals surface area contributed by atoms with Gasteiger partial charge in [0.15, 0.2) is 5.13 Å². The fraction of sp³-hybridized carbons (Fsp3) is 0.421. The quantitative estimate of drug-likeness (QED) is 0.823. The van der Waals surface area contributed by atoms with Crippen molar-refractivity contribution in [2.24, 2.45) is 0 Å². The maximum absolute atomic E-state index is 4.86. The van der Waals surface area contributed by atoms with Crippen molar-refractivity contribution in [2.45, 2.75) is 32.7 Å². The number of allylic oxidation sites excluding steroid dienone is 1. The molecular weight excluding hydrogens is 316 g/mol. The lowest BCUT2D eigenvalue weighted by atomic mass is 10.1. The molecule has 0 saturated carbocycles. The number of piperidine rings is 1. The lowest BCUT2D eigenvalue weighted by Crippen LogP contribution is -2.29. The van der Waals surface area contributed by atoms with Crippen molar-refractivity contribution >= 4 is 27.8 Å². The minimum atomic E-state index is 0.762. The summed E-state index contributed by atoms with van der Waals surface area (Å²) in [5.74, 6) is 0. The number of anilines is 3. The lowest BCUT2D eigenvalue weighted by Gasteiger charge is -2.26. The summed E-state index contributed by atoms with van der Waals surface area (Å²) in [4.78, 5) is 9.50. The maximum atomic E-state index is 4.86. The van der Waals surface area contributed by atoms with Crippen LogP contribution in [0.2, 0.25) is 0 Å². The molecule has 0 spiro atoms. The Morgan fingerprint density at radius 2 is 1.96 bits per heavy atom. The standard InChI is InChI=1S/C19H26N4S/c1-15(2)23(18-9-7-16(20-3)8-10-18)13-17-14-24-19(21-17)22-11-5-4-6-12-22/h7-10,14,20H,1,4-6,11-13H2,2-3H3. The van der Waals surface area contributed by atoms with E-state index in [-0.39, 0.29) is 0 Å². The average Bonchev–Trinajstić information content (AvgIpc) is 3.09. The van der Waals surface area contributed by atoms with Crippen molar-refractivity contribution < 1.29 is 0 Å². The van der Waals surface area contributed by atoms with Gasteiger partial charge < -0.3 is 15.1 Å². The predicted octanol–water partition coefficient (Wildman–Crippen LogP) is 4.72. The second-order valence-corrected chi connectivity index (χ2v) is 7.12. The molecular formula is C19H26N4S. The molecule has 1 aromatic heterocycles. The van der Waals surface area contributed by atoms with Crippen molar-refractivity contribution in [3.05, 3.63) is 47.6 Å². The highest BCUT2D eigenvalue weighted by Crippen LogP contribution is 2.27. The molecule has 0 bridgehead atoms. The van der Waals surface area contributed by atoms with Crippen LogP contribution in [-0.2, 0) is 6.54 Å². The predicted molar refractivity (Wildman–Crippen MR) is 105 cm³/mol. The summed E-state index contributed by atoms with van der Waals surface area (Å²) in [5, 5.41) is 6.50. The zero-order valence-electron chi connectivity index (χ0n) is 14.6. The third-order valence-electron chi connectivity index (χ3n) is 4.41. The third kappa shape index (κ3) is 3.90. The topological polar surface area (TPSA) is 31.4 Å². The summed E-state index contributed by atoms with van der Waals surface area (Å²) in [7, 11) is 1.93. The second-order valence-electron chi connectivity index (χ2n) is 6.29. The molecule has 1 aliphatic heterocycles. The van der Waals surface area contributed by atoms with Gasteiger partial charge in [0.1, 0.15) is 0 Å². The zero-order valence-corrected chi connectivity index (χ0v) is 15.4. The number of rotatable bonds is 6. The van der Waals surface area contributed by atoms with E-state index in [1.165, 1.54) is 19.3 Å². The number of hydrogen-bond acceptors (Lipinski definition) is 5. The molecule has 4 nitrogen and oxygen atoms in total. The first-order chi connectivity index (χ1) is 11.7. The van der Waals surface area contributed by atoms with Gasteiger partial charge in [-0.05, 0) is 50.5 Å². The van der Waals surface area contributed by atoms with E-state index in [0.717, 1.165) is 47.5 Å². The molecule has 3 rings (SSSR count). The second kappa shape index (κ2) is 7.71. The third-order valence-corrected chi connectivity index (χ3v) is 5.36. The van der Waals surface area contributed by atoms with Gasteiger partial charge in [0, 0.05) is 42.6 Å². The summed E-state index contributed by atoms with van der Waals surface area (Å²) >= 11 is 1.76. The van der Waals surface area contributed by atoms with Crippen LogP contribution in [0.3, 0.4) is 0 Å². The van der Waals surface area contributed by atoms with Crippen molar-refractivity contribution in [3.8, 4) is 0 Å². The summed E-state index contributed by atoms with van der Waals surface area (Å²) in [6.07, 6.45) is 3.91. The minimum Gasteiger partial charge on any atom is -0.388 e. The molecule has 1 saturated heterocycles. The van der Waals surface area contributed by atoms with Crippen LogP contribution >= 0.6 is 11.3 Å². The molecule has 0 atom stereocenters. The normalized spacial score (nSPS) is 14.5. The summed E-state index contributed by atoms with van der Waals surface area (Å²) in [5.41, 5.74) is 4.40. The Bertz CT molecular complexity index is 671. The molecule has 5 heteroatoms. The van der Waals surface area contributed by atoms with Crippen LogP contribution in [0.15, 0.2) is 41.9 Å². The van der Waals surface area contributed by atoms with Crippen molar-refractivity contribution in [1.82, 2.24) is 4.98 Å². The van der Waals surface area contributed by atoms with Crippen LogP contribution < -0.4 is 15.1 Å². The molecule has 2 aromatic rings. The fourth-order valence-corrected chi connectivity index (χ4v) is 3.89. The van der Waals surface area contributed by atoms with Gasteiger partial charge in [0.05, 0.1) is 12.2 Å². The smallest absolute Gasteiger partial charge is 0.185 e. The summed E-state index contributed by atoms with van der Waals surface area (Å²) in [6, 6.07) is 8.42. The van der Waals surface area contributed by atoms with Crippen molar-refractivity contribution in [2.75, 3.05) is 35.3 Å². The molecule has 128 valence electrons. The SMILES string of the molecule is C=C(C)N(Cc1csc(N2CCCCC2)n1)c1ccc(NC)cc1. The molecule has 1 aromatic carbocycles. The van der Waals surface area contributed by atoms with Gasteiger partial charge in [0.2, 0.25) is 0 Å². The molecule has 24 heavy (non-hydrogen) atoms. The molecule has 1 N–H and O–H groups in total. The van der Waals surface area contributed by atoms with E-state index in [1.54, 1.807) is 11.3 Å². The number of aromatic nitrogens is 1. The van der Waals surface area contributed by atoms with Gasteiger partial charge in [-0.3, -0.25) is 0 Å². The number of benzene rings is 1. The first kappa shape index (κ1) is 16.8. The van der Waals surface area contributed by atoms with Gasteiger partial charge in [-0.25, -0.2) is 4.98 Å². The number of thiazole rings is 1. The first-order valence-corrected chi connectivity index (χ1v) is 9.45. The minimum absolute atomic E-state index is 0.762. The van der Waals surface area contributed by atoms with Crippen LogP contribution in [0.1, 0.15) is 31.9 Å². The monoisotopic (exact) mass is 342 g/mol. The van der Waals surface area contributed by atoms with Crippen LogP contribution in [0.5, 0.6) is 0 Å². The molecule has 1 fully saturated rings. The van der Waals surface area contributed by atoms with Gasteiger partial charge in [-0.2, -0.15) is 0 Å². The van der Waals surface area contributed by atoms with E-state index in [4.69, 9.17) is 4.98 Å². The Morgan fingerprint density at radius 1 is 1.25 bits per heavy atom. The van der Waals surface area contributed by atoms with Gasteiger partial charge in [0.25, 0.3) is 0 Å². The highest BCUT2D eigenvalue weighted by molar-refractivity contribution is 7.13.